The number of para-hydroxylation sites is 2. The molecule has 2 heteroatoms. The van der Waals surface area contributed by atoms with Crippen LogP contribution in [-0.2, 0) is 6.42 Å². The first-order chi connectivity index (χ1) is 8.92. The lowest BCUT2D eigenvalue weighted by Crippen LogP contribution is -2.31. The van der Waals surface area contributed by atoms with Crippen molar-refractivity contribution in [3.8, 4) is 5.75 Å². The molecule has 88 valence electrons. The van der Waals surface area contributed by atoms with Crippen LogP contribution in [0.1, 0.15) is 11.1 Å². The molecule has 0 aromatic heterocycles. The molecule has 2 aliphatic heterocycles. The second-order valence-corrected chi connectivity index (χ2v) is 4.83. The fourth-order valence-corrected chi connectivity index (χ4v) is 2.79. The third-order valence-electron chi connectivity index (χ3n) is 3.69. The molecule has 1 atom stereocenters. The Hall–Kier alpha value is -2.09. The number of rotatable bonds is 0. The van der Waals surface area contributed by atoms with Crippen LogP contribution in [0, 0.1) is 5.92 Å². The molecule has 18 heavy (non-hydrogen) atoms. The fourth-order valence-electron chi connectivity index (χ4n) is 2.79. The molecule has 0 fully saturated rings. The van der Waals surface area contributed by atoms with Crippen LogP contribution in [0.5, 0.6) is 5.75 Å². The van der Waals surface area contributed by atoms with E-state index in [2.05, 4.69) is 30.3 Å². The van der Waals surface area contributed by atoms with Gasteiger partial charge < -0.3 is 4.74 Å². The number of fused-ring (bicyclic) bond motifs is 4. The highest BCUT2D eigenvalue weighted by atomic mass is 16.5. The second-order valence-electron chi connectivity index (χ2n) is 4.83. The molecule has 0 bridgehead atoms. The SMILES string of the molecule is c1ccc2c(c1)CC1COc3ccccc3C1=N2. The average molecular weight is 235 g/mol. The fraction of sp³-hybridized carbons (Fsp3) is 0.188. The third-order valence-corrected chi connectivity index (χ3v) is 3.69. The van der Waals surface area contributed by atoms with E-state index >= 15 is 0 Å². The first-order valence-electron chi connectivity index (χ1n) is 6.30. The van der Waals surface area contributed by atoms with Crippen molar-refractivity contribution in [2.45, 2.75) is 6.42 Å². The van der Waals surface area contributed by atoms with E-state index in [1.54, 1.807) is 0 Å². The van der Waals surface area contributed by atoms with Crippen LogP contribution in [0.15, 0.2) is 53.5 Å². The quantitative estimate of drug-likeness (QED) is 0.686. The van der Waals surface area contributed by atoms with Crippen molar-refractivity contribution in [1.82, 2.24) is 0 Å². The Labute approximate surface area is 106 Å². The van der Waals surface area contributed by atoms with Crippen LogP contribution in [0.4, 0.5) is 5.69 Å². The molecule has 0 radical (unpaired) electrons. The first-order valence-corrected chi connectivity index (χ1v) is 6.30. The van der Waals surface area contributed by atoms with Gasteiger partial charge in [-0.2, -0.15) is 0 Å². The minimum atomic E-state index is 0.398. The number of nitrogens with zero attached hydrogens (tertiary/aromatic N) is 1. The second kappa shape index (κ2) is 3.70. The summed E-state index contributed by atoms with van der Waals surface area (Å²) in [4.78, 5) is 4.85. The summed E-state index contributed by atoms with van der Waals surface area (Å²) in [6.45, 7) is 0.740. The normalized spacial score (nSPS) is 20.0. The van der Waals surface area contributed by atoms with E-state index in [0.29, 0.717) is 5.92 Å². The topological polar surface area (TPSA) is 21.6 Å². The molecular weight excluding hydrogens is 222 g/mol. The Balaban J connectivity index is 1.91. The van der Waals surface area contributed by atoms with Gasteiger partial charge in [-0.3, -0.25) is 4.99 Å². The number of benzene rings is 2. The summed E-state index contributed by atoms with van der Waals surface area (Å²) in [5.74, 6) is 1.36. The van der Waals surface area contributed by atoms with Gasteiger partial charge in [0.1, 0.15) is 5.75 Å². The van der Waals surface area contributed by atoms with Crippen molar-refractivity contribution in [3.05, 3.63) is 59.7 Å². The zero-order chi connectivity index (χ0) is 11.9. The Morgan fingerprint density at radius 2 is 1.83 bits per heavy atom. The lowest BCUT2D eigenvalue weighted by atomic mass is 9.86. The highest BCUT2D eigenvalue weighted by Crippen LogP contribution is 2.36. The van der Waals surface area contributed by atoms with Crippen LogP contribution in [0.25, 0.3) is 0 Å². The van der Waals surface area contributed by atoms with Crippen LogP contribution < -0.4 is 4.74 Å². The summed E-state index contributed by atoms with van der Waals surface area (Å²) in [5.41, 5.74) is 4.79. The van der Waals surface area contributed by atoms with E-state index in [9.17, 15) is 0 Å². The van der Waals surface area contributed by atoms with Crippen LogP contribution in [0.3, 0.4) is 0 Å². The monoisotopic (exact) mass is 235 g/mol. The lowest BCUT2D eigenvalue weighted by molar-refractivity contribution is 0.272. The van der Waals surface area contributed by atoms with E-state index in [1.165, 1.54) is 11.3 Å². The van der Waals surface area contributed by atoms with Crippen LogP contribution >= 0.6 is 0 Å². The molecule has 2 aromatic rings. The predicted molar refractivity (Wildman–Crippen MR) is 71.8 cm³/mol. The molecule has 2 heterocycles. The lowest BCUT2D eigenvalue weighted by Gasteiger charge is -2.30. The Kier molecular flexibility index (Phi) is 2.04. The molecule has 0 saturated heterocycles. The van der Waals surface area contributed by atoms with Gasteiger partial charge in [0, 0.05) is 11.5 Å². The highest BCUT2D eigenvalue weighted by molar-refractivity contribution is 6.07. The molecule has 0 aliphatic carbocycles. The minimum Gasteiger partial charge on any atom is -0.492 e. The summed E-state index contributed by atoms with van der Waals surface area (Å²) < 4.78 is 5.83. The van der Waals surface area contributed by atoms with Gasteiger partial charge in [0.15, 0.2) is 0 Å². The van der Waals surface area contributed by atoms with Gasteiger partial charge in [-0.05, 0) is 30.2 Å². The van der Waals surface area contributed by atoms with E-state index < -0.39 is 0 Å². The summed E-state index contributed by atoms with van der Waals surface area (Å²) in [6.07, 6.45) is 1.03. The van der Waals surface area contributed by atoms with E-state index in [0.717, 1.165) is 30.0 Å². The maximum absolute atomic E-state index is 5.83. The summed E-state index contributed by atoms with van der Waals surface area (Å²) in [5, 5.41) is 0. The molecule has 2 aromatic carbocycles. The summed E-state index contributed by atoms with van der Waals surface area (Å²) in [6, 6.07) is 16.6. The van der Waals surface area contributed by atoms with Gasteiger partial charge in [0.05, 0.1) is 18.0 Å². The largest absolute Gasteiger partial charge is 0.492 e. The molecule has 2 aliphatic rings. The molecule has 0 N–H and O–H groups in total. The molecule has 1 unspecified atom stereocenters. The van der Waals surface area contributed by atoms with E-state index in [4.69, 9.17) is 9.73 Å². The molecular formula is C16H13NO. The van der Waals surface area contributed by atoms with Gasteiger partial charge in [0.25, 0.3) is 0 Å². The number of ether oxygens (including phenoxy) is 1. The van der Waals surface area contributed by atoms with Gasteiger partial charge in [-0.15, -0.1) is 0 Å². The van der Waals surface area contributed by atoms with Crippen LogP contribution in [0.2, 0.25) is 0 Å². The predicted octanol–water partition coefficient (Wildman–Crippen LogP) is 3.37. The van der Waals surface area contributed by atoms with Crippen molar-refractivity contribution >= 4 is 11.4 Å². The number of aliphatic imine (C=N–C) groups is 1. The van der Waals surface area contributed by atoms with E-state index in [1.807, 2.05) is 18.2 Å². The summed E-state index contributed by atoms with van der Waals surface area (Å²) in [7, 11) is 0. The van der Waals surface area contributed by atoms with Crippen molar-refractivity contribution in [1.29, 1.82) is 0 Å². The zero-order valence-electron chi connectivity index (χ0n) is 9.97. The van der Waals surface area contributed by atoms with Gasteiger partial charge >= 0.3 is 0 Å². The Bertz CT molecular complexity index is 645. The average Bonchev–Trinajstić information content (AvgIpc) is 2.45. The zero-order valence-corrected chi connectivity index (χ0v) is 9.97. The van der Waals surface area contributed by atoms with Crippen molar-refractivity contribution < 1.29 is 4.74 Å². The number of hydrogen-bond donors (Lipinski definition) is 0. The molecule has 2 nitrogen and oxygen atoms in total. The molecule has 0 saturated carbocycles. The van der Waals surface area contributed by atoms with Gasteiger partial charge in [0.2, 0.25) is 0 Å². The van der Waals surface area contributed by atoms with Gasteiger partial charge in [-0.25, -0.2) is 0 Å². The summed E-state index contributed by atoms with van der Waals surface area (Å²) >= 11 is 0. The Morgan fingerprint density at radius 1 is 1.00 bits per heavy atom. The van der Waals surface area contributed by atoms with Crippen molar-refractivity contribution in [2.24, 2.45) is 10.9 Å². The standard InChI is InChI=1S/C16H13NO/c1-3-7-14-11(5-1)9-12-10-18-15-8-4-2-6-13(15)16(12)17-14/h1-8,12H,9-10H2. The van der Waals surface area contributed by atoms with Crippen LogP contribution in [-0.4, -0.2) is 12.3 Å². The first kappa shape index (κ1) is 9.89. The van der Waals surface area contributed by atoms with Crippen molar-refractivity contribution in [2.75, 3.05) is 6.61 Å². The van der Waals surface area contributed by atoms with Gasteiger partial charge in [-0.1, -0.05) is 30.3 Å². The highest BCUT2D eigenvalue weighted by Gasteiger charge is 2.30. The maximum atomic E-state index is 5.83. The molecule has 0 spiro atoms. The third kappa shape index (κ3) is 1.39. The minimum absolute atomic E-state index is 0.398. The smallest absolute Gasteiger partial charge is 0.128 e. The van der Waals surface area contributed by atoms with E-state index in [-0.39, 0.29) is 0 Å². The number of hydrogen-bond acceptors (Lipinski definition) is 2. The van der Waals surface area contributed by atoms with Crippen molar-refractivity contribution in [3.63, 3.8) is 0 Å². The Morgan fingerprint density at radius 3 is 2.83 bits per heavy atom. The molecule has 0 amide bonds. The molecule has 4 rings (SSSR count). The maximum Gasteiger partial charge on any atom is 0.128 e.